The molecule has 0 amide bonds. The van der Waals surface area contributed by atoms with Crippen LogP contribution in [-0.4, -0.2) is 28.7 Å². The van der Waals surface area contributed by atoms with Crippen LogP contribution in [0.1, 0.15) is 38.5 Å². The maximum absolute atomic E-state index is 11.6. The zero-order valence-electron chi connectivity index (χ0n) is 13.8. The molecule has 2 atom stereocenters. The lowest BCUT2D eigenvalue weighted by atomic mass is 9.47. The topological polar surface area (TPSA) is 71.0 Å². The van der Waals surface area contributed by atoms with Crippen LogP contribution in [0.4, 0.5) is 0 Å². The van der Waals surface area contributed by atoms with Gasteiger partial charge >= 0.3 is 0 Å². The van der Waals surface area contributed by atoms with Crippen molar-refractivity contribution in [3.05, 3.63) is 23.8 Å². The van der Waals surface area contributed by atoms with Crippen molar-refractivity contribution >= 4 is 13.3 Å². The standard InChI is InChI=1S/C18H23O5P/c1-21-18(13-3-2-4-16(10-13)24(19)20)17(22-23-18)14-6-11-5-12(8-14)9-15(17)7-11/h2-3,10-12,14-15H,4-9H2,1H3,(H,19,20). The third-order valence-corrected chi connectivity index (χ3v) is 7.83. The van der Waals surface area contributed by atoms with Crippen LogP contribution >= 0.6 is 8.00 Å². The molecular formula is C18H23O5P. The summed E-state index contributed by atoms with van der Waals surface area (Å²) in [6.45, 7) is 0. The van der Waals surface area contributed by atoms with Gasteiger partial charge in [-0.2, -0.15) is 9.78 Å². The lowest BCUT2D eigenvalue weighted by Gasteiger charge is -2.69. The van der Waals surface area contributed by atoms with Crippen LogP contribution in [0.15, 0.2) is 23.8 Å². The molecule has 1 N–H and O–H groups in total. The number of hydrogen-bond donors (Lipinski definition) is 1. The smallest absolute Gasteiger partial charge is 0.260 e. The van der Waals surface area contributed by atoms with Gasteiger partial charge in [-0.3, -0.25) is 0 Å². The van der Waals surface area contributed by atoms with Crippen LogP contribution in [0.3, 0.4) is 0 Å². The fourth-order valence-corrected chi connectivity index (χ4v) is 6.80. The molecular weight excluding hydrogens is 327 g/mol. The lowest BCUT2D eigenvalue weighted by molar-refractivity contribution is -0.623. The Bertz CT molecular complexity index is 630. The summed E-state index contributed by atoms with van der Waals surface area (Å²) in [6.07, 6.45) is 12.3. The molecule has 6 aliphatic rings. The van der Waals surface area contributed by atoms with Gasteiger partial charge in [0, 0.05) is 19.1 Å². The number of methoxy groups -OCH3 is 1. The van der Waals surface area contributed by atoms with Crippen molar-refractivity contribution < 1.29 is 24.3 Å². The number of rotatable bonds is 2. The fourth-order valence-electron chi connectivity index (χ4n) is 6.29. The summed E-state index contributed by atoms with van der Waals surface area (Å²) < 4.78 is 5.96. The normalized spacial score (nSPS) is 50.9. The second-order valence-electron chi connectivity index (χ2n) is 8.06. The van der Waals surface area contributed by atoms with E-state index in [9.17, 15) is 9.79 Å². The Hall–Kier alpha value is -0.550. The fraction of sp³-hybridized carbons (Fsp3) is 0.722. The van der Waals surface area contributed by atoms with Crippen molar-refractivity contribution in [1.29, 1.82) is 0 Å². The molecule has 4 saturated carbocycles. The molecule has 1 saturated heterocycles. The Labute approximate surface area is 142 Å². The van der Waals surface area contributed by atoms with E-state index in [4.69, 9.17) is 14.5 Å². The molecule has 4 bridgehead atoms. The molecule has 5 aliphatic carbocycles. The van der Waals surface area contributed by atoms with E-state index in [-0.39, 0.29) is 0 Å². The van der Waals surface area contributed by atoms with E-state index in [2.05, 4.69) is 0 Å². The van der Waals surface area contributed by atoms with Crippen LogP contribution in [-0.2, 0) is 14.5 Å². The summed E-state index contributed by atoms with van der Waals surface area (Å²) in [5.41, 5.74) is 0.386. The van der Waals surface area contributed by atoms with E-state index >= 15 is 0 Å². The molecule has 0 aromatic rings. The summed E-state index contributed by atoms with van der Waals surface area (Å²) in [6, 6.07) is 0. The first kappa shape index (κ1) is 15.7. The van der Waals surface area contributed by atoms with Gasteiger partial charge in [0.15, 0.2) is 10.9 Å². The molecule has 2 unspecified atom stereocenters. The largest absolute Gasteiger partial charge is 0.603 e. The Morgan fingerprint density at radius 3 is 2.33 bits per heavy atom. The number of ether oxygens (including phenoxy) is 1. The van der Waals surface area contributed by atoms with E-state index in [1.165, 1.54) is 32.1 Å². The SMILES string of the molecule is COC1(C2=C/C(=[P+](/[O-])O)CC=C2)OOC12C1CC3CC(C1)CC2C3. The van der Waals surface area contributed by atoms with E-state index in [0.29, 0.717) is 23.6 Å². The van der Waals surface area contributed by atoms with Crippen molar-refractivity contribution in [1.82, 2.24) is 0 Å². The Morgan fingerprint density at radius 1 is 1.17 bits per heavy atom. The van der Waals surface area contributed by atoms with E-state index < -0.39 is 19.4 Å². The second-order valence-corrected chi connectivity index (χ2v) is 9.18. The highest BCUT2D eigenvalue weighted by Gasteiger charge is 2.76. The maximum atomic E-state index is 11.6. The van der Waals surface area contributed by atoms with Gasteiger partial charge in [-0.25, -0.2) is 4.89 Å². The molecule has 6 rings (SSSR count). The van der Waals surface area contributed by atoms with Crippen LogP contribution in [0.25, 0.3) is 0 Å². The quantitative estimate of drug-likeness (QED) is 0.611. The van der Waals surface area contributed by atoms with Gasteiger partial charge in [0.1, 0.15) is 0 Å². The van der Waals surface area contributed by atoms with Gasteiger partial charge < -0.3 is 9.63 Å². The first-order valence-electron chi connectivity index (χ1n) is 8.91. The van der Waals surface area contributed by atoms with Gasteiger partial charge in [-0.1, -0.05) is 12.2 Å². The molecule has 0 radical (unpaired) electrons. The molecule has 130 valence electrons. The average Bonchev–Trinajstić information content (AvgIpc) is 2.54. The average molecular weight is 350 g/mol. The Morgan fingerprint density at radius 2 is 1.83 bits per heavy atom. The van der Waals surface area contributed by atoms with Crippen molar-refractivity contribution in [3.8, 4) is 0 Å². The zero-order valence-corrected chi connectivity index (χ0v) is 14.7. The molecule has 1 heterocycles. The third-order valence-electron chi connectivity index (χ3n) is 7.02. The summed E-state index contributed by atoms with van der Waals surface area (Å²) in [5, 5.41) is 0.522. The minimum atomic E-state index is -2.33. The molecule has 5 nitrogen and oxygen atoms in total. The summed E-state index contributed by atoms with van der Waals surface area (Å²) in [5.74, 6) is 1.60. The van der Waals surface area contributed by atoms with Crippen molar-refractivity contribution in [2.45, 2.75) is 49.9 Å². The highest BCUT2D eigenvalue weighted by atomic mass is 31.1. The molecule has 1 aliphatic heterocycles. The summed E-state index contributed by atoms with van der Waals surface area (Å²) >= 11 is 0. The monoisotopic (exact) mass is 350 g/mol. The Balaban J connectivity index is 1.59. The van der Waals surface area contributed by atoms with Crippen LogP contribution in [0.2, 0.25) is 0 Å². The molecule has 0 aromatic carbocycles. The van der Waals surface area contributed by atoms with Crippen molar-refractivity contribution in [3.63, 3.8) is 0 Å². The molecule has 5 fully saturated rings. The molecule has 24 heavy (non-hydrogen) atoms. The first-order chi connectivity index (χ1) is 11.6. The Kier molecular flexibility index (Phi) is 3.42. The van der Waals surface area contributed by atoms with Gasteiger partial charge in [-0.05, 0) is 61.9 Å². The minimum absolute atomic E-state index is 0.436. The zero-order chi connectivity index (χ0) is 16.5. The summed E-state index contributed by atoms with van der Waals surface area (Å²) in [7, 11) is -0.668. The lowest BCUT2D eigenvalue weighted by Crippen LogP contribution is -2.78. The highest BCUT2D eigenvalue weighted by molar-refractivity contribution is 7.46. The van der Waals surface area contributed by atoms with Gasteiger partial charge in [0.2, 0.25) is 8.00 Å². The maximum Gasteiger partial charge on any atom is 0.260 e. The van der Waals surface area contributed by atoms with Gasteiger partial charge in [0.05, 0.1) is 0 Å². The summed E-state index contributed by atoms with van der Waals surface area (Å²) in [4.78, 5) is 32.7. The van der Waals surface area contributed by atoms with E-state index in [1.54, 1.807) is 13.2 Å². The van der Waals surface area contributed by atoms with Gasteiger partial charge in [0.25, 0.3) is 5.79 Å². The van der Waals surface area contributed by atoms with Crippen LogP contribution in [0.5, 0.6) is 0 Å². The van der Waals surface area contributed by atoms with Crippen LogP contribution < -0.4 is 4.89 Å². The molecule has 6 heteroatoms. The highest BCUT2D eigenvalue weighted by Crippen LogP contribution is 2.68. The first-order valence-corrected chi connectivity index (χ1v) is 10.1. The van der Waals surface area contributed by atoms with Crippen molar-refractivity contribution in [2.75, 3.05) is 7.11 Å². The third kappa shape index (κ3) is 1.81. The molecule has 0 aromatic heterocycles. The number of allylic oxidation sites excluding steroid dienone is 2. The second kappa shape index (κ2) is 5.23. The van der Waals surface area contributed by atoms with Gasteiger partial charge in [-0.15, -0.1) is 0 Å². The minimum Gasteiger partial charge on any atom is -0.603 e. The predicted molar refractivity (Wildman–Crippen MR) is 87.7 cm³/mol. The predicted octanol–water partition coefficient (Wildman–Crippen LogP) is 2.21. The van der Waals surface area contributed by atoms with E-state index in [0.717, 1.165) is 17.4 Å². The molecule has 1 spiro atoms. The van der Waals surface area contributed by atoms with E-state index in [1.807, 2.05) is 12.2 Å². The van der Waals surface area contributed by atoms with Crippen LogP contribution in [0, 0.1) is 23.7 Å². The number of hydrogen-bond acceptors (Lipinski definition) is 5. The van der Waals surface area contributed by atoms with Crippen molar-refractivity contribution in [2.24, 2.45) is 23.7 Å².